The molecule has 0 saturated carbocycles. The van der Waals surface area contributed by atoms with E-state index < -0.39 is 28.4 Å². The number of hydrogen-bond donors (Lipinski definition) is 4. The van der Waals surface area contributed by atoms with Gasteiger partial charge < -0.3 is 19.4 Å². The highest BCUT2D eigenvalue weighted by atomic mass is 32.2. The third-order valence-corrected chi connectivity index (χ3v) is 11.4. The number of phosphoric ester groups is 1. The van der Waals surface area contributed by atoms with Gasteiger partial charge in [-0.15, -0.1) is 11.3 Å². The second-order valence-electron chi connectivity index (χ2n) is 11.5. The zero-order valence-electron chi connectivity index (χ0n) is 26.1. The highest BCUT2D eigenvalue weighted by Crippen LogP contribution is 2.39. The molecule has 12 nitrogen and oxygen atoms in total. The van der Waals surface area contributed by atoms with E-state index in [1.165, 1.54) is 17.4 Å². The molecule has 0 spiro atoms. The first-order valence-corrected chi connectivity index (χ1v) is 19.2. The summed E-state index contributed by atoms with van der Waals surface area (Å²) in [6.45, 7) is 4.32. The molecule has 1 aliphatic rings. The van der Waals surface area contributed by atoms with E-state index in [2.05, 4.69) is 38.6 Å². The fourth-order valence-corrected chi connectivity index (χ4v) is 6.98. The third kappa shape index (κ3) is 11.1. The van der Waals surface area contributed by atoms with Gasteiger partial charge in [-0.25, -0.2) is 18.0 Å². The van der Waals surface area contributed by atoms with Crippen LogP contribution in [0.3, 0.4) is 0 Å². The minimum absolute atomic E-state index is 0.0396. The number of para-hydroxylation sites is 1. The molecule has 4 N–H and O–H groups in total. The largest absolute Gasteiger partial charge is 0.524 e. The topological polar surface area (TPSA) is 176 Å². The first kappa shape index (κ1) is 36.5. The Hall–Kier alpha value is -3.30. The van der Waals surface area contributed by atoms with Gasteiger partial charge in [0.1, 0.15) is 5.75 Å². The molecular formula is C32H38N3O9PS2. The maximum absolute atomic E-state index is 12.8. The number of aromatic nitrogens is 1. The van der Waals surface area contributed by atoms with Gasteiger partial charge in [0.2, 0.25) is 0 Å². The normalized spacial score (nSPS) is 15.1. The Bertz CT molecular complexity index is 1850. The standard InChI is InChI=1S/C32H38N3O9PS2/c1-32(47(2,41)42,23-33-43-31(37)15-13-26-10-5-6-11-28(26)44-45(38,39)40)17-16-30-34-27-20-24(12-14-29(27)46-30)8-3-4-9-25-21-35(22-25)18-7-19-36/h5-6,10-12,14,20,25,33,36H,7,13,15-19,21-23H2,1-2H3,(H2,38,39,40). The summed E-state index contributed by atoms with van der Waals surface area (Å²) < 4.78 is 41.1. The van der Waals surface area contributed by atoms with Crippen LogP contribution in [0.25, 0.3) is 10.2 Å². The van der Waals surface area contributed by atoms with Crippen molar-refractivity contribution in [3.05, 3.63) is 58.6 Å². The lowest BCUT2D eigenvalue weighted by Crippen LogP contribution is -2.46. The number of fused-ring (bicyclic) bond motifs is 1. The molecule has 47 heavy (non-hydrogen) atoms. The first-order chi connectivity index (χ1) is 22.2. The van der Waals surface area contributed by atoms with Crippen LogP contribution in [0.15, 0.2) is 42.5 Å². The molecule has 4 rings (SSSR count). The molecule has 1 aliphatic heterocycles. The smallest absolute Gasteiger partial charge is 0.404 e. The molecule has 0 aliphatic carbocycles. The van der Waals surface area contributed by atoms with Crippen LogP contribution in [-0.2, 0) is 36.9 Å². The summed E-state index contributed by atoms with van der Waals surface area (Å²) in [5.41, 5.74) is 4.46. The monoisotopic (exact) mass is 703 g/mol. The molecule has 1 unspecified atom stereocenters. The lowest BCUT2D eigenvalue weighted by molar-refractivity contribution is -0.151. The number of hydroxylamine groups is 1. The van der Waals surface area contributed by atoms with Gasteiger partial charge in [-0.1, -0.05) is 30.0 Å². The van der Waals surface area contributed by atoms with E-state index in [4.69, 9.17) is 24.7 Å². The Morgan fingerprint density at radius 3 is 2.68 bits per heavy atom. The molecule has 1 atom stereocenters. The van der Waals surface area contributed by atoms with E-state index in [1.807, 2.05) is 18.2 Å². The highest BCUT2D eigenvalue weighted by Gasteiger charge is 2.36. The van der Waals surface area contributed by atoms with Gasteiger partial charge in [0.15, 0.2) is 9.84 Å². The fraction of sp³-hybridized carbons (Fsp3) is 0.438. The zero-order chi connectivity index (χ0) is 34.1. The van der Waals surface area contributed by atoms with E-state index in [1.54, 1.807) is 25.1 Å². The van der Waals surface area contributed by atoms with Crippen molar-refractivity contribution < 1.29 is 42.0 Å². The zero-order valence-corrected chi connectivity index (χ0v) is 28.7. The first-order valence-electron chi connectivity index (χ1n) is 14.9. The van der Waals surface area contributed by atoms with Gasteiger partial charge in [-0.2, -0.15) is 5.48 Å². The number of rotatable bonds is 15. The summed E-state index contributed by atoms with van der Waals surface area (Å²) in [5.74, 6) is 11.7. The average Bonchev–Trinajstić information content (AvgIpc) is 3.39. The van der Waals surface area contributed by atoms with Crippen molar-refractivity contribution in [1.29, 1.82) is 0 Å². The molecule has 3 aromatic rings. The van der Waals surface area contributed by atoms with E-state index in [9.17, 15) is 17.8 Å². The lowest BCUT2D eigenvalue weighted by Gasteiger charge is -2.36. The molecule has 2 heterocycles. The number of aliphatic hydroxyl groups excluding tert-OH is 1. The van der Waals surface area contributed by atoms with Gasteiger partial charge in [0, 0.05) is 50.4 Å². The Balaban J connectivity index is 1.28. The quantitative estimate of drug-likeness (QED) is 0.104. The number of hydrogen-bond acceptors (Lipinski definition) is 11. The fourth-order valence-electron chi connectivity index (χ4n) is 4.80. The predicted octanol–water partition coefficient (Wildman–Crippen LogP) is 2.85. The van der Waals surface area contributed by atoms with Crippen molar-refractivity contribution in [3.63, 3.8) is 0 Å². The van der Waals surface area contributed by atoms with Crippen molar-refractivity contribution in [2.75, 3.05) is 39.0 Å². The third-order valence-electron chi connectivity index (χ3n) is 7.75. The average molecular weight is 704 g/mol. The van der Waals surface area contributed by atoms with Crippen molar-refractivity contribution in [3.8, 4) is 29.4 Å². The number of benzene rings is 2. The second kappa shape index (κ2) is 16.2. The van der Waals surface area contributed by atoms with Crippen LogP contribution in [0, 0.1) is 29.6 Å². The predicted molar refractivity (Wildman–Crippen MR) is 179 cm³/mol. The minimum Gasteiger partial charge on any atom is -0.404 e. The number of nitrogens with zero attached hydrogens (tertiary/aromatic N) is 2. The molecule has 1 aromatic heterocycles. The highest BCUT2D eigenvalue weighted by molar-refractivity contribution is 7.92. The number of carbonyl (C=O) groups is 1. The van der Waals surface area contributed by atoms with Crippen LogP contribution in [0.4, 0.5) is 0 Å². The molecule has 15 heteroatoms. The van der Waals surface area contributed by atoms with Crippen molar-refractivity contribution in [2.24, 2.45) is 5.92 Å². The number of carbonyl (C=O) groups excluding carboxylic acids is 1. The number of sulfone groups is 1. The summed E-state index contributed by atoms with van der Waals surface area (Å²) in [4.78, 5) is 42.6. The number of thiazole rings is 1. The van der Waals surface area contributed by atoms with Crippen LogP contribution in [-0.4, -0.2) is 83.0 Å². The van der Waals surface area contributed by atoms with Gasteiger partial charge in [-0.05, 0) is 67.9 Å². The van der Waals surface area contributed by atoms with Crippen LogP contribution in [0.5, 0.6) is 5.75 Å². The van der Waals surface area contributed by atoms with Crippen LogP contribution >= 0.6 is 19.2 Å². The second-order valence-corrected chi connectivity index (χ2v) is 16.4. The van der Waals surface area contributed by atoms with Gasteiger partial charge in [-0.3, -0.25) is 14.6 Å². The maximum Gasteiger partial charge on any atom is 0.524 e. The maximum atomic E-state index is 12.8. The SMILES string of the molecule is CC(CCc1nc2cc(C#CC#CC3CN(CCCO)C3)ccc2s1)(CNOC(=O)CCc1ccccc1OP(=O)(O)O)S(C)(=O)=O. The summed E-state index contributed by atoms with van der Waals surface area (Å²) in [5, 5.41) is 9.68. The number of nitrogens with one attached hydrogen (secondary N) is 1. The molecule has 2 aromatic carbocycles. The Labute approximate surface area is 278 Å². The molecule has 1 saturated heterocycles. The van der Waals surface area contributed by atoms with Gasteiger partial charge >= 0.3 is 13.8 Å². The molecule has 1 fully saturated rings. The van der Waals surface area contributed by atoms with E-state index in [0.29, 0.717) is 17.9 Å². The molecule has 0 bridgehead atoms. The van der Waals surface area contributed by atoms with Crippen LogP contribution < -0.4 is 10.0 Å². The number of aliphatic hydroxyl groups is 1. The Morgan fingerprint density at radius 2 is 1.96 bits per heavy atom. The lowest BCUT2D eigenvalue weighted by atomic mass is 10.0. The van der Waals surface area contributed by atoms with Gasteiger partial charge in [0.25, 0.3) is 0 Å². The van der Waals surface area contributed by atoms with Crippen molar-refractivity contribution in [1.82, 2.24) is 15.4 Å². The van der Waals surface area contributed by atoms with E-state index >= 15 is 0 Å². The summed E-state index contributed by atoms with van der Waals surface area (Å²) in [6, 6.07) is 11.9. The molecule has 0 radical (unpaired) electrons. The van der Waals surface area contributed by atoms with Crippen LogP contribution in [0.2, 0.25) is 0 Å². The van der Waals surface area contributed by atoms with Crippen molar-refractivity contribution >= 4 is 45.2 Å². The van der Waals surface area contributed by atoms with E-state index in [-0.39, 0.29) is 38.2 Å². The molecule has 0 amide bonds. The van der Waals surface area contributed by atoms with Gasteiger partial charge in [0.05, 0.1) is 32.9 Å². The summed E-state index contributed by atoms with van der Waals surface area (Å²) >= 11 is 1.48. The summed E-state index contributed by atoms with van der Waals surface area (Å²) in [6.07, 6.45) is 2.47. The number of aryl methyl sites for hydroxylation is 2. The number of phosphoric acid groups is 1. The molecular weight excluding hydrogens is 665 g/mol. The Kier molecular flexibility index (Phi) is 12.6. The van der Waals surface area contributed by atoms with Crippen molar-refractivity contribution in [2.45, 2.75) is 43.8 Å². The minimum atomic E-state index is -4.77. The van der Waals surface area contributed by atoms with E-state index in [0.717, 1.165) is 53.1 Å². The summed E-state index contributed by atoms with van der Waals surface area (Å²) in [7, 11) is -8.35. The Morgan fingerprint density at radius 1 is 1.19 bits per heavy atom. The van der Waals surface area contributed by atoms with Crippen LogP contribution in [0.1, 0.15) is 42.3 Å². The number of likely N-dealkylation sites (tertiary alicyclic amines) is 1. The molecule has 252 valence electrons.